The summed E-state index contributed by atoms with van der Waals surface area (Å²) < 4.78 is 22.3. The zero-order valence-electron chi connectivity index (χ0n) is 12.1. The van der Waals surface area contributed by atoms with Crippen LogP contribution in [0.4, 0.5) is 0 Å². The van der Waals surface area contributed by atoms with Crippen LogP contribution < -0.4 is 0 Å². The second-order valence-corrected chi connectivity index (χ2v) is 9.92. The van der Waals surface area contributed by atoms with Crippen molar-refractivity contribution >= 4 is 18.5 Å². The van der Waals surface area contributed by atoms with Crippen molar-refractivity contribution in [2.45, 2.75) is 25.6 Å². The summed E-state index contributed by atoms with van der Waals surface area (Å²) in [6.07, 6.45) is 0.573. The topological polar surface area (TPSA) is 65.2 Å². The minimum Gasteiger partial charge on any atom is -0.380 e. The first-order valence-corrected chi connectivity index (χ1v) is 9.89. The minimum atomic E-state index is -2.13. The van der Waals surface area contributed by atoms with Crippen LogP contribution in [0.3, 0.4) is 0 Å². The number of nitrogens with zero attached hydrogens (tertiary/aromatic N) is 2. The van der Waals surface area contributed by atoms with E-state index in [1.165, 1.54) is 0 Å². The molecule has 0 aliphatic carbocycles. The van der Waals surface area contributed by atoms with Gasteiger partial charge in [-0.05, 0) is 30.3 Å². The molecule has 2 rings (SSSR count). The standard InChI is InChI=1S/C13H19N2O3PS/c1-9(19(3,4)16)5-12-14-13(18-15-12)11-6-10(7-17-2)8-20-11/h6,8-9H,5,7H2,1-4H3. The van der Waals surface area contributed by atoms with Crippen molar-refractivity contribution in [2.24, 2.45) is 0 Å². The Hall–Kier alpha value is -0.970. The highest BCUT2D eigenvalue weighted by Crippen LogP contribution is 2.43. The highest BCUT2D eigenvalue weighted by atomic mass is 32.1. The third-order valence-corrected chi connectivity index (χ3v) is 6.46. The lowest BCUT2D eigenvalue weighted by atomic mass is 10.3. The first-order chi connectivity index (χ1) is 9.40. The van der Waals surface area contributed by atoms with Crippen LogP contribution in [0.15, 0.2) is 16.0 Å². The largest absolute Gasteiger partial charge is 0.380 e. The molecule has 5 nitrogen and oxygen atoms in total. The van der Waals surface area contributed by atoms with E-state index in [1.54, 1.807) is 31.8 Å². The Kier molecular flexibility index (Phi) is 4.78. The Morgan fingerprint density at radius 2 is 2.25 bits per heavy atom. The van der Waals surface area contributed by atoms with Crippen LogP contribution in [0, 0.1) is 0 Å². The summed E-state index contributed by atoms with van der Waals surface area (Å²) in [7, 11) is -0.461. The fourth-order valence-corrected chi connectivity index (χ4v) is 3.07. The second kappa shape index (κ2) is 6.20. The normalized spacial score (nSPS) is 13.6. The van der Waals surface area contributed by atoms with Gasteiger partial charge in [-0.25, -0.2) is 0 Å². The average Bonchev–Trinajstić information content (AvgIpc) is 2.97. The summed E-state index contributed by atoms with van der Waals surface area (Å²) in [6.45, 7) is 6.10. The van der Waals surface area contributed by atoms with Crippen LogP contribution >= 0.6 is 18.5 Å². The van der Waals surface area contributed by atoms with Crippen molar-refractivity contribution in [3.05, 3.63) is 22.8 Å². The molecule has 0 radical (unpaired) electrons. The lowest BCUT2D eigenvalue weighted by Gasteiger charge is -2.13. The molecule has 2 aromatic rings. The van der Waals surface area contributed by atoms with Crippen LogP contribution in [0.2, 0.25) is 0 Å². The molecule has 0 saturated heterocycles. The Balaban J connectivity index is 2.10. The summed E-state index contributed by atoms with van der Waals surface area (Å²) in [6, 6.07) is 1.99. The molecular weight excluding hydrogens is 295 g/mol. The van der Waals surface area contributed by atoms with Gasteiger partial charge in [-0.1, -0.05) is 12.1 Å². The van der Waals surface area contributed by atoms with E-state index in [9.17, 15) is 4.57 Å². The van der Waals surface area contributed by atoms with Crippen molar-refractivity contribution in [3.63, 3.8) is 0 Å². The van der Waals surface area contributed by atoms with E-state index in [1.807, 2.05) is 18.4 Å². The number of methoxy groups -OCH3 is 1. The van der Waals surface area contributed by atoms with Crippen LogP contribution in [0.5, 0.6) is 0 Å². The highest BCUT2D eigenvalue weighted by molar-refractivity contribution is 7.63. The molecule has 7 heteroatoms. The molecule has 0 saturated carbocycles. The second-order valence-electron chi connectivity index (χ2n) is 5.26. The van der Waals surface area contributed by atoms with E-state index in [2.05, 4.69) is 10.1 Å². The fourth-order valence-electron chi connectivity index (χ4n) is 1.65. The lowest BCUT2D eigenvalue weighted by molar-refractivity contribution is 0.185. The monoisotopic (exact) mass is 314 g/mol. The van der Waals surface area contributed by atoms with E-state index < -0.39 is 7.14 Å². The van der Waals surface area contributed by atoms with Gasteiger partial charge in [0, 0.05) is 19.2 Å². The van der Waals surface area contributed by atoms with Gasteiger partial charge in [0.2, 0.25) is 0 Å². The Morgan fingerprint density at radius 3 is 2.90 bits per heavy atom. The van der Waals surface area contributed by atoms with Gasteiger partial charge in [-0.3, -0.25) is 0 Å². The smallest absolute Gasteiger partial charge is 0.267 e. The SMILES string of the molecule is COCc1csc(-c2nc(CC(C)P(C)(C)=O)no2)c1. The number of thiophene rings is 1. The van der Waals surface area contributed by atoms with Gasteiger partial charge in [-0.15, -0.1) is 11.3 Å². The molecule has 0 aliphatic heterocycles. The van der Waals surface area contributed by atoms with Gasteiger partial charge in [0.25, 0.3) is 5.89 Å². The summed E-state index contributed by atoms with van der Waals surface area (Å²) in [5.41, 5.74) is 1.15. The van der Waals surface area contributed by atoms with E-state index in [0.29, 0.717) is 24.7 Å². The third-order valence-electron chi connectivity index (χ3n) is 3.18. The van der Waals surface area contributed by atoms with Crippen LogP contribution in [-0.2, 0) is 22.3 Å². The maximum Gasteiger partial charge on any atom is 0.267 e. The van der Waals surface area contributed by atoms with Crippen molar-refractivity contribution in [1.29, 1.82) is 0 Å². The van der Waals surface area contributed by atoms with E-state index >= 15 is 0 Å². The van der Waals surface area contributed by atoms with Crippen LogP contribution in [-0.4, -0.2) is 36.2 Å². The Morgan fingerprint density at radius 1 is 1.50 bits per heavy atom. The Labute approximate surface area is 122 Å². The summed E-state index contributed by atoms with van der Waals surface area (Å²) in [5, 5.41) is 5.98. The van der Waals surface area contributed by atoms with Gasteiger partial charge < -0.3 is 13.8 Å². The maximum atomic E-state index is 12.0. The maximum absolute atomic E-state index is 12.0. The van der Waals surface area contributed by atoms with Crippen molar-refractivity contribution in [2.75, 3.05) is 20.4 Å². The number of ether oxygens (including phenoxy) is 1. The number of aromatic nitrogens is 2. The van der Waals surface area contributed by atoms with Gasteiger partial charge in [-0.2, -0.15) is 4.98 Å². The summed E-state index contributed by atoms with van der Waals surface area (Å²) in [4.78, 5) is 5.31. The van der Waals surface area contributed by atoms with E-state index in [4.69, 9.17) is 9.26 Å². The van der Waals surface area contributed by atoms with Crippen LogP contribution in [0.25, 0.3) is 10.8 Å². The molecule has 0 aliphatic rings. The molecule has 20 heavy (non-hydrogen) atoms. The predicted molar refractivity (Wildman–Crippen MR) is 80.9 cm³/mol. The third kappa shape index (κ3) is 3.78. The molecule has 0 bridgehead atoms. The van der Waals surface area contributed by atoms with E-state index in [0.717, 1.165) is 10.4 Å². The highest BCUT2D eigenvalue weighted by Gasteiger charge is 2.21. The quantitative estimate of drug-likeness (QED) is 0.764. The predicted octanol–water partition coefficient (Wildman–Crippen LogP) is 3.50. The molecule has 110 valence electrons. The van der Waals surface area contributed by atoms with Crippen molar-refractivity contribution in [3.8, 4) is 10.8 Å². The molecule has 0 amide bonds. The zero-order valence-corrected chi connectivity index (χ0v) is 13.8. The molecule has 0 fully saturated rings. The average molecular weight is 314 g/mol. The Bertz CT molecular complexity index is 617. The molecule has 1 unspecified atom stereocenters. The molecule has 2 heterocycles. The lowest BCUT2D eigenvalue weighted by Crippen LogP contribution is -2.07. The van der Waals surface area contributed by atoms with Gasteiger partial charge >= 0.3 is 0 Å². The molecule has 0 spiro atoms. The van der Waals surface area contributed by atoms with Crippen LogP contribution in [0.1, 0.15) is 18.3 Å². The molecular formula is C13H19N2O3PS. The first-order valence-electron chi connectivity index (χ1n) is 6.34. The minimum absolute atomic E-state index is 0.0559. The fraction of sp³-hybridized carbons (Fsp3) is 0.538. The van der Waals surface area contributed by atoms with Gasteiger partial charge in [0.15, 0.2) is 5.82 Å². The zero-order chi connectivity index (χ0) is 14.8. The van der Waals surface area contributed by atoms with Crippen molar-refractivity contribution in [1.82, 2.24) is 10.1 Å². The summed E-state index contributed by atoms with van der Waals surface area (Å²) in [5.74, 6) is 1.12. The van der Waals surface area contributed by atoms with Gasteiger partial charge in [0.05, 0.1) is 18.6 Å². The molecule has 2 aromatic heterocycles. The van der Waals surface area contributed by atoms with Gasteiger partial charge in [0.1, 0.15) is 0 Å². The van der Waals surface area contributed by atoms with E-state index in [-0.39, 0.29) is 5.66 Å². The molecule has 0 aromatic carbocycles. The number of hydrogen-bond donors (Lipinski definition) is 0. The first kappa shape index (κ1) is 15.4. The molecule has 1 atom stereocenters. The number of hydrogen-bond acceptors (Lipinski definition) is 6. The molecule has 0 N–H and O–H groups in total. The van der Waals surface area contributed by atoms with Crippen molar-refractivity contribution < 1.29 is 13.8 Å². The number of rotatable bonds is 6. The summed E-state index contributed by atoms with van der Waals surface area (Å²) >= 11 is 1.55.